The van der Waals surface area contributed by atoms with Crippen LogP contribution in [0.5, 0.6) is 5.75 Å². The molecular weight excluding hydrogens is 392 g/mol. The number of ether oxygens (including phenoxy) is 1. The lowest BCUT2D eigenvalue weighted by molar-refractivity contribution is -0.111. The number of amides is 1. The molecule has 30 heavy (non-hydrogen) atoms. The molecule has 156 valence electrons. The first kappa shape index (κ1) is 21.8. The van der Waals surface area contributed by atoms with E-state index in [2.05, 4.69) is 43.2 Å². The van der Waals surface area contributed by atoms with Crippen LogP contribution < -0.4 is 10.1 Å². The summed E-state index contributed by atoms with van der Waals surface area (Å²) in [6, 6.07) is 16.1. The lowest BCUT2D eigenvalue weighted by Gasteiger charge is -2.05. The van der Waals surface area contributed by atoms with Gasteiger partial charge in [0.2, 0.25) is 5.91 Å². The van der Waals surface area contributed by atoms with Crippen LogP contribution in [0, 0.1) is 0 Å². The number of hydrogen-bond donors (Lipinski definition) is 1. The van der Waals surface area contributed by atoms with Crippen molar-refractivity contribution in [2.24, 2.45) is 0 Å². The molecule has 2 aromatic carbocycles. The number of nitrogens with zero attached hydrogens (tertiary/aromatic N) is 1. The topological polar surface area (TPSA) is 51.2 Å². The van der Waals surface area contributed by atoms with Gasteiger partial charge in [0.05, 0.1) is 12.3 Å². The van der Waals surface area contributed by atoms with E-state index in [-0.39, 0.29) is 5.91 Å². The summed E-state index contributed by atoms with van der Waals surface area (Å²) < 4.78 is 5.69. The first-order valence-electron chi connectivity index (χ1n) is 10.3. The number of aromatic nitrogens is 1. The normalized spacial score (nSPS) is 11.2. The Morgan fingerprint density at radius 3 is 2.53 bits per heavy atom. The molecule has 1 aromatic heterocycles. The molecule has 0 saturated carbocycles. The average molecular weight is 421 g/mol. The summed E-state index contributed by atoms with van der Waals surface area (Å²) in [6.07, 6.45) is 5.51. The van der Waals surface area contributed by atoms with Gasteiger partial charge in [0.25, 0.3) is 0 Å². The van der Waals surface area contributed by atoms with Gasteiger partial charge in [0.15, 0.2) is 5.13 Å². The number of benzene rings is 2. The van der Waals surface area contributed by atoms with Gasteiger partial charge in [-0.15, -0.1) is 11.3 Å². The fourth-order valence-electron chi connectivity index (χ4n) is 2.83. The SMILES string of the molecule is CCCCOc1ccc(-c2csc(NC(=O)C=Cc3ccc(C(C)C)cc3)n2)cc1. The zero-order valence-electron chi connectivity index (χ0n) is 17.7. The number of thiazole rings is 1. The predicted octanol–water partition coefficient (Wildman–Crippen LogP) is 6.76. The Morgan fingerprint density at radius 1 is 1.13 bits per heavy atom. The number of anilines is 1. The highest BCUT2D eigenvalue weighted by molar-refractivity contribution is 7.14. The molecule has 0 aliphatic heterocycles. The van der Waals surface area contributed by atoms with Gasteiger partial charge in [-0.25, -0.2) is 4.98 Å². The standard InChI is InChI=1S/C25H28N2O2S/c1-4-5-16-29-22-13-11-21(12-14-22)23-17-30-25(26-23)27-24(28)15-8-19-6-9-20(10-7-19)18(2)3/h6-15,17-18H,4-5,16H2,1-3H3,(H,26,27,28). The van der Waals surface area contributed by atoms with Gasteiger partial charge in [-0.1, -0.05) is 51.5 Å². The minimum absolute atomic E-state index is 0.191. The summed E-state index contributed by atoms with van der Waals surface area (Å²) in [5.41, 5.74) is 4.11. The smallest absolute Gasteiger partial charge is 0.250 e. The van der Waals surface area contributed by atoms with Crippen LogP contribution in [0.25, 0.3) is 17.3 Å². The third-order valence-electron chi connectivity index (χ3n) is 4.68. The highest BCUT2D eigenvalue weighted by Gasteiger charge is 2.07. The third kappa shape index (κ3) is 6.29. The van der Waals surface area contributed by atoms with Crippen molar-refractivity contribution in [1.29, 1.82) is 0 Å². The molecule has 1 heterocycles. The first-order valence-corrected chi connectivity index (χ1v) is 11.2. The second-order valence-corrected chi connectivity index (χ2v) is 8.27. The number of hydrogen-bond acceptors (Lipinski definition) is 4. The van der Waals surface area contributed by atoms with Gasteiger partial charge in [0, 0.05) is 17.0 Å². The first-order chi connectivity index (χ1) is 14.5. The summed E-state index contributed by atoms with van der Waals surface area (Å²) in [4.78, 5) is 16.8. The van der Waals surface area contributed by atoms with Crippen LogP contribution in [0.4, 0.5) is 5.13 Å². The molecule has 0 unspecified atom stereocenters. The molecule has 3 aromatic rings. The molecule has 3 rings (SSSR count). The zero-order chi connectivity index (χ0) is 21.3. The summed E-state index contributed by atoms with van der Waals surface area (Å²) in [5.74, 6) is 1.17. The molecule has 0 spiro atoms. The van der Waals surface area contributed by atoms with Crippen molar-refractivity contribution in [2.45, 2.75) is 39.5 Å². The maximum Gasteiger partial charge on any atom is 0.250 e. The van der Waals surface area contributed by atoms with Gasteiger partial charge < -0.3 is 4.74 Å². The van der Waals surface area contributed by atoms with Crippen LogP contribution in [-0.4, -0.2) is 17.5 Å². The van der Waals surface area contributed by atoms with Gasteiger partial charge in [-0.05, 0) is 53.8 Å². The monoisotopic (exact) mass is 420 g/mol. The highest BCUT2D eigenvalue weighted by Crippen LogP contribution is 2.26. The Morgan fingerprint density at radius 2 is 1.87 bits per heavy atom. The minimum atomic E-state index is -0.191. The highest BCUT2D eigenvalue weighted by atomic mass is 32.1. The fraction of sp³-hybridized carbons (Fsp3) is 0.280. The molecule has 0 radical (unpaired) electrons. The van der Waals surface area contributed by atoms with Crippen molar-refractivity contribution in [3.63, 3.8) is 0 Å². The number of carbonyl (C=O) groups excluding carboxylic acids is 1. The maximum absolute atomic E-state index is 12.2. The van der Waals surface area contributed by atoms with Crippen molar-refractivity contribution in [3.05, 3.63) is 71.1 Å². The van der Waals surface area contributed by atoms with Crippen molar-refractivity contribution in [1.82, 2.24) is 4.98 Å². The van der Waals surface area contributed by atoms with E-state index in [0.717, 1.165) is 42.0 Å². The molecule has 0 atom stereocenters. The van der Waals surface area contributed by atoms with E-state index in [4.69, 9.17) is 4.74 Å². The van der Waals surface area contributed by atoms with Gasteiger partial charge in [0.1, 0.15) is 5.75 Å². The Kier molecular flexibility index (Phi) is 7.80. The number of rotatable bonds is 9. The van der Waals surface area contributed by atoms with E-state index >= 15 is 0 Å². The van der Waals surface area contributed by atoms with Gasteiger partial charge >= 0.3 is 0 Å². The van der Waals surface area contributed by atoms with Gasteiger partial charge in [-0.3, -0.25) is 10.1 Å². The Balaban J connectivity index is 1.56. The molecule has 0 aliphatic rings. The molecule has 4 nitrogen and oxygen atoms in total. The third-order valence-corrected chi connectivity index (χ3v) is 5.44. The van der Waals surface area contributed by atoms with E-state index in [1.165, 1.54) is 23.0 Å². The number of nitrogens with one attached hydrogen (secondary N) is 1. The molecule has 5 heteroatoms. The molecule has 1 amide bonds. The molecule has 1 N–H and O–H groups in total. The van der Waals surface area contributed by atoms with E-state index in [1.54, 1.807) is 0 Å². The summed E-state index contributed by atoms with van der Waals surface area (Å²) >= 11 is 1.41. The van der Waals surface area contributed by atoms with Crippen molar-refractivity contribution in [2.75, 3.05) is 11.9 Å². The summed E-state index contributed by atoms with van der Waals surface area (Å²) in [7, 11) is 0. The molecule has 0 saturated heterocycles. The van der Waals surface area contributed by atoms with Crippen LogP contribution >= 0.6 is 11.3 Å². The lowest BCUT2D eigenvalue weighted by atomic mass is 10.0. The largest absolute Gasteiger partial charge is 0.494 e. The van der Waals surface area contributed by atoms with Crippen LogP contribution in [-0.2, 0) is 4.79 Å². The predicted molar refractivity (Wildman–Crippen MR) is 126 cm³/mol. The number of unbranched alkanes of at least 4 members (excludes halogenated alkanes) is 1. The molecule has 0 fully saturated rings. The van der Waals surface area contributed by atoms with Crippen LogP contribution in [0.1, 0.15) is 50.7 Å². The minimum Gasteiger partial charge on any atom is -0.494 e. The van der Waals surface area contributed by atoms with Crippen LogP contribution in [0.15, 0.2) is 60.0 Å². The summed E-state index contributed by atoms with van der Waals surface area (Å²) in [5, 5.41) is 5.36. The van der Waals surface area contributed by atoms with E-state index in [1.807, 2.05) is 47.9 Å². The second kappa shape index (κ2) is 10.7. The quantitative estimate of drug-likeness (QED) is 0.307. The molecule has 0 bridgehead atoms. The molecule has 0 aliphatic carbocycles. The van der Waals surface area contributed by atoms with Crippen molar-refractivity contribution >= 4 is 28.5 Å². The second-order valence-electron chi connectivity index (χ2n) is 7.41. The molecular formula is C25H28N2O2S. The average Bonchev–Trinajstić information content (AvgIpc) is 3.21. The van der Waals surface area contributed by atoms with Crippen molar-refractivity contribution < 1.29 is 9.53 Å². The van der Waals surface area contributed by atoms with Gasteiger partial charge in [-0.2, -0.15) is 0 Å². The van der Waals surface area contributed by atoms with Crippen LogP contribution in [0.2, 0.25) is 0 Å². The fourth-order valence-corrected chi connectivity index (χ4v) is 3.55. The lowest BCUT2D eigenvalue weighted by Crippen LogP contribution is -2.07. The van der Waals surface area contributed by atoms with E-state index in [9.17, 15) is 4.79 Å². The van der Waals surface area contributed by atoms with E-state index in [0.29, 0.717) is 11.0 Å². The Hall–Kier alpha value is -2.92. The number of carbonyl (C=O) groups is 1. The Bertz CT molecular complexity index is 973. The maximum atomic E-state index is 12.2. The van der Waals surface area contributed by atoms with Crippen molar-refractivity contribution in [3.8, 4) is 17.0 Å². The van der Waals surface area contributed by atoms with Crippen LogP contribution in [0.3, 0.4) is 0 Å². The van der Waals surface area contributed by atoms with E-state index < -0.39 is 0 Å². The zero-order valence-corrected chi connectivity index (χ0v) is 18.5. The summed E-state index contributed by atoms with van der Waals surface area (Å²) in [6.45, 7) is 7.20. The Labute approximate surface area is 182 Å².